The number of benzene rings is 1. The van der Waals surface area contributed by atoms with Gasteiger partial charge in [0.05, 0.1) is 0 Å². The molecule has 1 aromatic rings. The van der Waals surface area contributed by atoms with Crippen molar-refractivity contribution in [3.8, 4) is 0 Å². The number of nitrogens with zero attached hydrogens (tertiary/aromatic N) is 2. The molecule has 1 fully saturated rings. The molecule has 0 spiro atoms. The molecule has 0 aromatic heterocycles. The van der Waals surface area contributed by atoms with E-state index in [0.29, 0.717) is 4.75 Å². The molecule has 0 aliphatic carbocycles. The maximum atomic E-state index is 8.96. The number of oxime groups is 1. The van der Waals surface area contributed by atoms with Crippen LogP contribution in [0, 0.1) is 6.92 Å². The Labute approximate surface area is 125 Å². The monoisotopic (exact) mass is 293 g/mol. The third-order valence-electron chi connectivity index (χ3n) is 3.72. The van der Waals surface area contributed by atoms with Crippen LogP contribution in [0.3, 0.4) is 0 Å². The molecule has 4 nitrogen and oxygen atoms in total. The number of nitrogens with two attached hydrogens (primary N) is 1. The quantitative estimate of drug-likeness (QED) is 0.381. The van der Waals surface area contributed by atoms with Crippen LogP contribution in [0.25, 0.3) is 0 Å². The zero-order valence-electron chi connectivity index (χ0n) is 12.4. The van der Waals surface area contributed by atoms with Crippen molar-refractivity contribution >= 4 is 23.3 Å². The van der Waals surface area contributed by atoms with Crippen LogP contribution in [-0.4, -0.2) is 34.6 Å². The minimum Gasteiger partial charge on any atom is -0.409 e. The van der Waals surface area contributed by atoms with Gasteiger partial charge in [-0.3, -0.25) is 0 Å². The number of hydrogen-bond acceptors (Lipinski definition) is 4. The third kappa shape index (κ3) is 3.39. The zero-order chi connectivity index (χ0) is 14.8. The van der Waals surface area contributed by atoms with Gasteiger partial charge in [-0.05, 0) is 31.0 Å². The van der Waals surface area contributed by atoms with Crippen molar-refractivity contribution in [2.24, 2.45) is 10.9 Å². The van der Waals surface area contributed by atoms with Crippen molar-refractivity contribution in [1.82, 2.24) is 0 Å². The number of rotatable bonds is 2. The summed E-state index contributed by atoms with van der Waals surface area (Å²) in [6.07, 6.45) is 1.13. The van der Waals surface area contributed by atoms with E-state index in [1.54, 1.807) is 0 Å². The standard InChI is InChI=1S/C15H23N3OS/c1-11-4-5-12(14(16)17-19)13(10-11)18-7-6-15(2,3)20-9-8-18/h4-5,10,19H,6-9H2,1-3H3,(H2,16,17). The summed E-state index contributed by atoms with van der Waals surface area (Å²) in [4.78, 5) is 2.35. The van der Waals surface area contributed by atoms with E-state index in [1.807, 2.05) is 23.9 Å². The van der Waals surface area contributed by atoms with Crippen LogP contribution >= 0.6 is 11.8 Å². The minimum absolute atomic E-state index is 0.177. The largest absolute Gasteiger partial charge is 0.409 e. The van der Waals surface area contributed by atoms with Crippen LogP contribution in [0.15, 0.2) is 23.4 Å². The molecule has 1 aromatic carbocycles. The predicted octanol–water partition coefficient (Wildman–Crippen LogP) is 2.81. The Morgan fingerprint density at radius 1 is 1.40 bits per heavy atom. The normalized spacial score (nSPS) is 19.8. The Morgan fingerprint density at radius 2 is 2.15 bits per heavy atom. The van der Waals surface area contributed by atoms with E-state index in [0.717, 1.165) is 36.5 Å². The van der Waals surface area contributed by atoms with Gasteiger partial charge >= 0.3 is 0 Å². The third-order valence-corrected chi connectivity index (χ3v) is 5.09. The summed E-state index contributed by atoms with van der Waals surface area (Å²) in [5, 5.41) is 12.1. The molecular weight excluding hydrogens is 270 g/mol. The highest BCUT2D eigenvalue weighted by Crippen LogP contribution is 2.33. The first-order valence-electron chi connectivity index (χ1n) is 6.90. The van der Waals surface area contributed by atoms with Crippen molar-refractivity contribution in [3.05, 3.63) is 29.3 Å². The van der Waals surface area contributed by atoms with Crippen molar-refractivity contribution in [2.45, 2.75) is 31.9 Å². The van der Waals surface area contributed by atoms with E-state index >= 15 is 0 Å². The summed E-state index contributed by atoms with van der Waals surface area (Å²) in [7, 11) is 0. The van der Waals surface area contributed by atoms with Crippen LogP contribution in [0.5, 0.6) is 0 Å². The molecular formula is C15H23N3OS. The van der Waals surface area contributed by atoms with Crippen LogP contribution in [0.1, 0.15) is 31.4 Å². The topological polar surface area (TPSA) is 61.9 Å². The molecule has 0 amide bonds. The van der Waals surface area contributed by atoms with E-state index in [-0.39, 0.29) is 5.84 Å². The summed E-state index contributed by atoms with van der Waals surface area (Å²) < 4.78 is 0.315. The lowest BCUT2D eigenvalue weighted by Crippen LogP contribution is -2.29. The second kappa shape index (κ2) is 5.95. The number of thioether (sulfide) groups is 1. The predicted molar refractivity (Wildman–Crippen MR) is 87.1 cm³/mol. The maximum Gasteiger partial charge on any atom is 0.172 e. The van der Waals surface area contributed by atoms with Gasteiger partial charge in [0.1, 0.15) is 0 Å². The number of hydrogen-bond donors (Lipinski definition) is 2. The number of aryl methyl sites for hydroxylation is 1. The summed E-state index contributed by atoms with van der Waals surface area (Å²) in [5.74, 6) is 1.27. The average Bonchev–Trinajstić information content (AvgIpc) is 2.58. The molecule has 0 saturated carbocycles. The fourth-order valence-electron chi connectivity index (χ4n) is 2.43. The first-order valence-corrected chi connectivity index (χ1v) is 7.89. The highest BCUT2D eigenvalue weighted by atomic mass is 32.2. The Bertz CT molecular complexity index is 514. The molecule has 0 radical (unpaired) electrons. The lowest BCUT2D eigenvalue weighted by atomic mass is 10.1. The van der Waals surface area contributed by atoms with E-state index in [1.165, 1.54) is 5.56 Å². The van der Waals surface area contributed by atoms with Gasteiger partial charge in [0, 0.05) is 34.8 Å². The first-order chi connectivity index (χ1) is 9.43. The fraction of sp³-hybridized carbons (Fsp3) is 0.533. The SMILES string of the molecule is Cc1ccc(/C(N)=N/O)c(N2CCSC(C)(C)CC2)c1. The molecule has 5 heteroatoms. The highest BCUT2D eigenvalue weighted by Gasteiger charge is 2.25. The lowest BCUT2D eigenvalue weighted by Gasteiger charge is -2.26. The van der Waals surface area contributed by atoms with Crippen molar-refractivity contribution in [2.75, 3.05) is 23.7 Å². The van der Waals surface area contributed by atoms with E-state index in [4.69, 9.17) is 10.9 Å². The molecule has 1 aliphatic rings. The van der Waals surface area contributed by atoms with Crippen LogP contribution in [-0.2, 0) is 0 Å². The maximum absolute atomic E-state index is 8.96. The Kier molecular flexibility index (Phi) is 4.48. The zero-order valence-corrected chi connectivity index (χ0v) is 13.2. The van der Waals surface area contributed by atoms with Gasteiger partial charge in [0.25, 0.3) is 0 Å². The van der Waals surface area contributed by atoms with Crippen LogP contribution in [0.2, 0.25) is 0 Å². The Hall–Kier alpha value is -1.36. The number of amidine groups is 1. The molecule has 1 aliphatic heterocycles. The first kappa shape index (κ1) is 15.0. The van der Waals surface area contributed by atoms with Gasteiger partial charge in [-0.15, -0.1) is 0 Å². The average molecular weight is 293 g/mol. The molecule has 20 heavy (non-hydrogen) atoms. The Balaban J connectivity index is 2.34. The summed E-state index contributed by atoms with van der Waals surface area (Å²) in [6, 6.07) is 6.05. The van der Waals surface area contributed by atoms with E-state index < -0.39 is 0 Å². The van der Waals surface area contributed by atoms with Crippen LogP contribution < -0.4 is 10.6 Å². The second-order valence-electron chi connectivity index (χ2n) is 5.85. The summed E-state index contributed by atoms with van der Waals surface area (Å²) in [6.45, 7) is 8.64. The molecule has 110 valence electrons. The van der Waals surface area contributed by atoms with Gasteiger partial charge in [0.2, 0.25) is 0 Å². The van der Waals surface area contributed by atoms with Crippen molar-refractivity contribution in [3.63, 3.8) is 0 Å². The van der Waals surface area contributed by atoms with Gasteiger partial charge in [-0.2, -0.15) is 11.8 Å². The highest BCUT2D eigenvalue weighted by molar-refractivity contribution is 8.00. The molecule has 0 unspecified atom stereocenters. The molecule has 1 heterocycles. The summed E-state index contributed by atoms with van der Waals surface area (Å²) in [5.41, 5.74) is 8.87. The molecule has 2 rings (SSSR count). The molecule has 0 atom stereocenters. The van der Waals surface area contributed by atoms with Gasteiger partial charge < -0.3 is 15.8 Å². The van der Waals surface area contributed by atoms with E-state index in [9.17, 15) is 0 Å². The van der Waals surface area contributed by atoms with Gasteiger partial charge in [0.15, 0.2) is 5.84 Å². The van der Waals surface area contributed by atoms with Crippen molar-refractivity contribution in [1.29, 1.82) is 0 Å². The van der Waals surface area contributed by atoms with Crippen LogP contribution in [0.4, 0.5) is 5.69 Å². The van der Waals surface area contributed by atoms with E-state index in [2.05, 4.69) is 36.9 Å². The molecule has 3 N–H and O–H groups in total. The molecule has 0 bridgehead atoms. The second-order valence-corrected chi connectivity index (χ2v) is 7.65. The fourth-order valence-corrected chi connectivity index (χ4v) is 3.53. The number of anilines is 1. The Morgan fingerprint density at radius 3 is 2.85 bits per heavy atom. The minimum atomic E-state index is 0.177. The molecule has 1 saturated heterocycles. The van der Waals surface area contributed by atoms with Gasteiger partial charge in [-0.25, -0.2) is 0 Å². The lowest BCUT2D eigenvalue weighted by molar-refractivity contribution is 0.318. The smallest absolute Gasteiger partial charge is 0.172 e. The van der Waals surface area contributed by atoms with Crippen molar-refractivity contribution < 1.29 is 5.21 Å². The van der Waals surface area contributed by atoms with Gasteiger partial charge in [-0.1, -0.05) is 25.1 Å². The summed E-state index contributed by atoms with van der Waals surface area (Å²) >= 11 is 2.01.